The third kappa shape index (κ3) is 2.06. The molecule has 0 unspecified atom stereocenters. The van der Waals surface area contributed by atoms with Crippen LogP contribution in [0.25, 0.3) is 11.1 Å². The van der Waals surface area contributed by atoms with E-state index in [-0.39, 0.29) is 5.41 Å². The molecule has 24 heavy (non-hydrogen) atoms. The molecule has 120 valence electrons. The summed E-state index contributed by atoms with van der Waals surface area (Å²) in [7, 11) is 0. The van der Waals surface area contributed by atoms with E-state index in [0.717, 1.165) is 0 Å². The minimum absolute atomic E-state index is 0.0445. The predicted octanol–water partition coefficient (Wildman–Crippen LogP) is 6.66. The Morgan fingerprint density at radius 1 is 0.833 bits per heavy atom. The van der Waals surface area contributed by atoms with Crippen LogP contribution in [0.3, 0.4) is 0 Å². The largest absolute Gasteiger partial charge is 0.0724 e. The van der Waals surface area contributed by atoms with Gasteiger partial charge in [0, 0.05) is 11.3 Å². The highest BCUT2D eigenvalue weighted by atomic mass is 14.4. The fraction of sp³-hybridized carbons (Fsp3) is 0.250. The Kier molecular flexibility index (Phi) is 3.38. The summed E-state index contributed by atoms with van der Waals surface area (Å²) >= 11 is 0. The summed E-state index contributed by atoms with van der Waals surface area (Å²) in [6.07, 6.45) is 6.86. The Hall–Kier alpha value is -2.34. The van der Waals surface area contributed by atoms with E-state index in [1.165, 1.54) is 39.0 Å². The molecule has 2 aliphatic rings. The van der Waals surface area contributed by atoms with Crippen molar-refractivity contribution < 1.29 is 0 Å². The van der Waals surface area contributed by atoms with E-state index >= 15 is 0 Å². The number of hydrogen-bond acceptors (Lipinski definition) is 0. The van der Waals surface area contributed by atoms with Crippen molar-refractivity contribution in [3.8, 4) is 11.1 Å². The monoisotopic (exact) mass is 312 g/mol. The van der Waals surface area contributed by atoms with Crippen LogP contribution >= 0.6 is 0 Å². The number of fused-ring (bicyclic) bond motifs is 3. The van der Waals surface area contributed by atoms with E-state index in [1.54, 1.807) is 0 Å². The Morgan fingerprint density at radius 3 is 1.92 bits per heavy atom. The van der Waals surface area contributed by atoms with Crippen molar-refractivity contribution in [2.24, 2.45) is 5.41 Å². The Balaban J connectivity index is 1.96. The maximum atomic E-state index is 2.37. The van der Waals surface area contributed by atoms with Crippen LogP contribution in [0.2, 0.25) is 0 Å². The summed E-state index contributed by atoms with van der Waals surface area (Å²) in [6, 6.07) is 17.8. The van der Waals surface area contributed by atoms with E-state index in [9.17, 15) is 0 Å². The molecule has 0 heteroatoms. The molecule has 0 nitrogen and oxygen atoms in total. The molecule has 0 saturated carbocycles. The van der Waals surface area contributed by atoms with Gasteiger partial charge in [-0.3, -0.25) is 0 Å². The van der Waals surface area contributed by atoms with Gasteiger partial charge in [0.15, 0.2) is 0 Å². The molecule has 0 heterocycles. The zero-order chi connectivity index (χ0) is 16.9. The molecule has 0 N–H and O–H groups in total. The molecule has 0 saturated heterocycles. The number of allylic oxidation sites excluding steroid dienone is 6. The highest BCUT2D eigenvalue weighted by Crippen LogP contribution is 2.54. The van der Waals surface area contributed by atoms with Crippen molar-refractivity contribution in [1.29, 1.82) is 0 Å². The van der Waals surface area contributed by atoms with Crippen molar-refractivity contribution in [1.82, 2.24) is 0 Å². The predicted molar refractivity (Wildman–Crippen MR) is 103 cm³/mol. The van der Waals surface area contributed by atoms with Gasteiger partial charge in [0.2, 0.25) is 0 Å². The van der Waals surface area contributed by atoms with Crippen LogP contribution in [-0.4, -0.2) is 0 Å². The molecule has 0 amide bonds. The lowest BCUT2D eigenvalue weighted by molar-refractivity contribution is 0.513. The molecular formula is C24H24. The number of rotatable bonds is 1. The normalized spacial score (nSPS) is 18.2. The minimum atomic E-state index is 0.0445. The van der Waals surface area contributed by atoms with E-state index in [2.05, 4.69) is 94.5 Å². The Morgan fingerprint density at radius 2 is 1.38 bits per heavy atom. The van der Waals surface area contributed by atoms with Gasteiger partial charge in [-0.15, -0.1) is 0 Å². The van der Waals surface area contributed by atoms with Crippen molar-refractivity contribution in [2.45, 2.75) is 33.6 Å². The summed E-state index contributed by atoms with van der Waals surface area (Å²) in [5, 5.41) is 0. The molecule has 0 bridgehead atoms. The van der Waals surface area contributed by atoms with Crippen LogP contribution in [-0.2, 0) is 0 Å². The third-order valence-corrected chi connectivity index (χ3v) is 5.62. The van der Waals surface area contributed by atoms with Crippen LogP contribution in [0.15, 0.2) is 83.5 Å². The zero-order valence-corrected chi connectivity index (χ0v) is 14.9. The lowest BCUT2D eigenvalue weighted by Crippen LogP contribution is -2.24. The molecule has 0 fully saturated rings. The van der Waals surface area contributed by atoms with E-state index < -0.39 is 0 Å². The molecule has 0 atom stereocenters. The summed E-state index contributed by atoms with van der Waals surface area (Å²) in [5.74, 6) is 0.353. The second-order valence-corrected chi connectivity index (χ2v) is 7.63. The fourth-order valence-corrected chi connectivity index (χ4v) is 4.56. The lowest BCUT2D eigenvalue weighted by Gasteiger charge is -2.37. The van der Waals surface area contributed by atoms with Crippen LogP contribution in [0.5, 0.6) is 0 Å². The first-order valence-electron chi connectivity index (χ1n) is 8.76. The highest BCUT2D eigenvalue weighted by Gasteiger charge is 2.39. The van der Waals surface area contributed by atoms with Gasteiger partial charge >= 0.3 is 0 Å². The van der Waals surface area contributed by atoms with Crippen LogP contribution in [0.4, 0.5) is 0 Å². The summed E-state index contributed by atoms with van der Waals surface area (Å²) < 4.78 is 0. The van der Waals surface area contributed by atoms with Gasteiger partial charge in [0.05, 0.1) is 0 Å². The van der Waals surface area contributed by atoms with Gasteiger partial charge < -0.3 is 0 Å². The Labute approximate surface area is 145 Å². The maximum Gasteiger partial charge on any atom is 0.0323 e. The molecular weight excluding hydrogens is 288 g/mol. The van der Waals surface area contributed by atoms with Gasteiger partial charge in [-0.2, -0.15) is 0 Å². The number of benzene rings is 2. The zero-order valence-electron chi connectivity index (χ0n) is 14.9. The first kappa shape index (κ1) is 15.2. The maximum absolute atomic E-state index is 2.37. The SMILES string of the molecule is CC(C)=C1C=CC=C(C2c3ccccc3-c3ccccc32)C1(C)C. The highest BCUT2D eigenvalue weighted by molar-refractivity contribution is 5.81. The Bertz CT molecular complexity index is 854. The molecule has 2 aromatic rings. The van der Waals surface area contributed by atoms with Crippen LogP contribution in [0, 0.1) is 5.41 Å². The topological polar surface area (TPSA) is 0 Å². The van der Waals surface area contributed by atoms with Crippen molar-refractivity contribution in [2.75, 3.05) is 0 Å². The smallest absolute Gasteiger partial charge is 0.0323 e. The molecule has 2 aliphatic carbocycles. The van der Waals surface area contributed by atoms with Gasteiger partial charge in [-0.1, -0.05) is 86.2 Å². The van der Waals surface area contributed by atoms with E-state index in [1.807, 2.05) is 0 Å². The molecule has 0 aromatic heterocycles. The molecule has 4 rings (SSSR count). The molecule has 0 spiro atoms. The van der Waals surface area contributed by atoms with Gasteiger partial charge in [0.1, 0.15) is 0 Å². The van der Waals surface area contributed by atoms with Crippen molar-refractivity contribution >= 4 is 0 Å². The molecule has 0 aliphatic heterocycles. The van der Waals surface area contributed by atoms with Crippen molar-refractivity contribution in [3.05, 3.63) is 94.6 Å². The average molecular weight is 312 g/mol. The van der Waals surface area contributed by atoms with Crippen LogP contribution < -0.4 is 0 Å². The van der Waals surface area contributed by atoms with Gasteiger partial charge in [-0.25, -0.2) is 0 Å². The molecule has 0 radical (unpaired) electrons. The number of hydrogen-bond donors (Lipinski definition) is 0. The molecule has 2 aromatic carbocycles. The second-order valence-electron chi connectivity index (χ2n) is 7.63. The third-order valence-electron chi connectivity index (χ3n) is 5.62. The van der Waals surface area contributed by atoms with Gasteiger partial charge in [-0.05, 0) is 47.2 Å². The van der Waals surface area contributed by atoms with Crippen molar-refractivity contribution in [3.63, 3.8) is 0 Å². The van der Waals surface area contributed by atoms with E-state index in [0.29, 0.717) is 5.92 Å². The standard InChI is InChI=1S/C24H24/c1-16(2)21-14-9-15-22(24(21,3)4)23-19-12-7-5-10-17(19)18-11-6-8-13-20(18)23/h5-15,23H,1-4H3. The lowest BCUT2D eigenvalue weighted by atomic mass is 9.66. The van der Waals surface area contributed by atoms with Gasteiger partial charge in [0.25, 0.3) is 0 Å². The van der Waals surface area contributed by atoms with Crippen LogP contribution in [0.1, 0.15) is 44.7 Å². The first-order chi connectivity index (χ1) is 11.5. The first-order valence-corrected chi connectivity index (χ1v) is 8.76. The average Bonchev–Trinajstić information content (AvgIpc) is 2.89. The minimum Gasteiger partial charge on any atom is -0.0724 e. The quantitative estimate of drug-likeness (QED) is 0.552. The summed E-state index contributed by atoms with van der Waals surface area (Å²) in [5.41, 5.74) is 10.1. The second kappa shape index (κ2) is 5.34. The van der Waals surface area contributed by atoms with E-state index in [4.69, 9.17) is 0 Å². The summed E-state index contributed by atoms with van der Waals surface area (Å²) in [6.45, 7) is 9.18. The summed E-state index contributed by atoms with van der Waals surface area (Å²) in [4.78, 5) is 0. The fourth-order valence-electron chi connectivity index (χ4n) is 4.56.